The molecule has 0 aliphatic heterocycles. The van der Waals surface area contributed by atoms with Crippen LogP contribution in [0.25, 0.3) is 0 Å². The highest BCUT2D eigenvalue weighted by atomic mass is 32.1. The van der Waals surface area contributed by atoms with E-state index in [1.165, 1.54) is 12.1 Å². The number of benzene rings is 1. The average Bonchev–Trinajstić information content (AvgIpc) is 2.75. The van der Waals surface area contributed by atoms with Gasteiger partial charge in [0, 0.05) is 17.0 Å². The number of hydrogen-bond acceptors (Lipinski definition) is 4. The first-order valence-electron chi connectivity index (χ1n) is 5.13. The van der Waals surface area contributed by atoms with Crippen LogP contribution in [-0.2, 0) is 0 Å². The summed E-state index contributed by atoms with van der Waals surface area (Å²) in [5.41, 5.74) is 8.08. The summed E-state index contributed by atoms with van der Waals surface area (Å²) in [5.74, 6) is 0. The number of non-ortho nitro benzene ring substituents is 1. The molecule has 2 N–H and O–H groups in total. The monoisotopic (exact) mass is 248 g/mol. The van der Waals surface area contributed by atoms with Gasteiger partial charge in [-0.25, -0.2) is 0 Å². The fraction of sp³-hybridized carbons (Fsp3) is 0.167. The maximum Gasteiger partial charge on any atom is 0.269 e. The van der Waals surface area contributed by atoms with Gasteiger partial charge in [-0.3, -0.25) is 10.1 Å². The Hall–Kier alpha value is -1.72. The van der Waals surface area contributed by atoms with Crippen LogP contribution in [0.5, 0.6) is 0 Å². The number of nitro groups is 1. The molecular weight excluding hydrogens is 236 g/mol. The van der Waals surface area contributed by atoms with Gasteiger partial charge in [0.25, 0.3) is 5.69 Å². The number of aryl methyl sites for hydroxylation is 1. The van der Waals surface area contributed by atoms with Crippen molar-refractivity contribution in [2.45, 2.75) is 13.0 Å². The normalized spacial score (nSPS) is 12.4. The molecule has 0 spiro atoms. The second-order valence-electron chi connectivity index (χ2n) is 3.86. The van der Waals surface area contributed by atoms with Gasteiger partial charge >= 0.3 is 0 Å². The zero-order chi connectivity index (χ0) is 12.4. The molecule has 5 heteroatoms. The van der Waals surface area contributed by atoms with E-state index < -0.39 is 4.92 Å². The van der Waals surface area contributed by atoms with Gasteiger partial charge in [-0.1, -0.05) is 12.1 Å². The highest BCUT2D eigenvalue weighted by Crippen LogP contribution is 2.27. The molecule has 1 atom stereocenters. The molecule has 0 saturated carbocycles. The molecule has 1 aromatic heterocycles. The largest absolute Gasteiger partial charge is 0.320 e. The van der Waals surface area contributed by atoms with E-state index in [-0.39, 0.29) is 11.7 Å². The molecule has 1 aromatic carbocycles. The third kappa shape index (κ3) is 2.51. The predicted molar refractivity (Wildman–Crippen MR) is 68.2 cm³/mol. The molecule has 0 bridgehead atoms. The summed E-state index contributed by atoms with van der Waals surface area (Å²) in [4.78, 5) is 11.3. The molecule has 0 fully saturated rings. The van der Waals surface area contributed by atoms with Crippen molar-refractivity contribution in [1.82, 2.24) is 0 Å². The van der Waals surface area contributed by atoms with Crippen molar-refractivity contribution in [1.29, 1.82) is 0 Å². The lowest BCUT2D eigenvalue weighted by Crippen LogP contribution is -2.10. The fourth-order valence-electron chi connectivity index (χ4n) is 1.61. The van der Waals surface area contributed by atoms with E-state index in [4.69, 9.17) is 5.73 Å². The van der Waals surface area contributed by atoms with Gasteiger partial charge in [-0.05, 0) is 29.5 Å². The van der Waals surface area contributed by atoms with Crippen LogP contribution in [0, 0.1) is 17.0 Å². The molecule has 2 rings (SSSR count). The van der Waals surface area contributed by atoms with Crippen molar-refractivity contribution in [3.05, 3.63) is 61.8 Å². The van der Waals surface area contributed by atoms with Gasteiger partial charge in [0.15, 0.2) is 0 Å². The predicted octanol–water partition coefficient (Wildman–Crippen LogP) is 3.01. The molecule has 1 heterocycles. The van der Waals surface area contributed by atoms with Crippen molar-refractivity contribution in [2.75, 3.05) is 0 Å². The molecule has 2 aromatic rings. The Morgan fingerprint density at radius 1 is 1.41 bits per heavy atom. The number of nitro benzene ring substituents is 1. The lowest BCUT2D eigenvalue weighted by atomic mass is 10.1. The van der Waals surface area contributed by atoms with Crippen molar-refractivity contribution < 1.29 is 4.92 Å². The Balaban J connectivity index is 2.33. The summed E-state index contributed by atoms with van der Waals surface area (Å²) >= 11 is 1.57. The van der Waals surface area contributed by atoms with E-state index in [9.17, 15) is 10.1 Å². The fourth-order valence-corrected chi connectivity index (χ4v) is 2.54. The van der Waals surface area contributed by atoms with E-state index in [1.807, 2.05) is 24.4 Å². The Kier molecular flexibility index (Phi) is 3.21. The third-order valence-corrected chi connectivity index (χ3v) is 3.63. The van der Waals surface area contributed by atoms with Gasteiger partial charge in [0.1, 0.15) is 0 Å². The molecule has 1 unspecified atom stereocenters. The first kappa shape index (κ1) is 11.8. The van der Waals surface area contributed by atoms with Gasteiger partial charge in [0.05, 0.1) is 11.0 Å². The highest BCUT2D eigenvalue weighted by Gasteiger charge is 2.14. The number of rotatable bonds is 3. The van der Waals surface area contributed by atoms with Gasteiger partial charge in [0.2, 0.25) is 0 Å². The number of thiophene rings is 1. The van der Waals surface area contributed by atoms with Crippen molar-refractivity contribution in [2.24, 2.45) is 5.73 Å². The molecule has 0 aliphatic rings. The molecule has 0 aliphatic carbocycles. The van der Waals surface area contributed by atoms with Gasteiger partial charge in [-0.2, -0.15) is 0 Å². The summed E-state index contributed by atoms with van der Waals surface area (Å²) in [6.07, 6.45) is 0. The SMILES string of the molecule is Cc1csc(C(N)c2cccc([N+](=O)[O-])c2)c1. The second kappa shape index (κ2) is 4.65. The van der Waals surface area contributed by atoms with E-state index in [0.717, 1.165) is 16.0 Å². The van der Waals surface area contributed by atoms with E-state index >= 15 is 0 Å². The van der Waals surface area contributed by atoms with Crippen molar-refractivity contribution >= 4 is 17.0 Å². The van der Waals surface area contributed by atoms with Gasteiger partial charge in [-0.15, -0.1) is 11.3 Å². The lowest BCUT2D eigenvalue weighted by Gasteiger charge is -2.09. The maximum absolute atomic E-state index is 10.7. The summed E-state index contributed by atoms with van der Waals surface area (Å²) < 4.78 is 0. The Morgan fingerprint density at radius 2 is 2.18 bits per heavy atom. The first-order chi connectivity index (χ1) is 8.08. The highest BCUT2D eigenvalue weighted by molar-refractivity contribution is 7.10. The summed E-state index contributed by atoms with van der Waals surface area (Å²) in [7, 11) is 0. The van der Waals surface area contributed by atoms with E-state index in [1.54, 1.807) is 17.4 Å². The smallest absolute Gasteiger partial charge is 0.269 e. The third-order valence-electron chi connectivity index (χ3n) is 2.50. The number of nitrogens with two attached hydrogens (primary N) is 1. The molecule has 0 saturated heterocycles. The summed E-state index contributed by atoms with van der Waals surface area (Å²) in [5, 5.41) is 12.7. The average molecular weight is 248 g/mol. The van der Waals surface area contributed by atoms with E-state index in [2.05, 4.69) is 0 Å². The molecule has 17 heavy (non-hydrogen) atoms. The minimum absolute atomic E-state index is 0.0752. The van der Waals surface area contributed by atoms with Crippen LogP contribution in [0.1, 0.15) is 22.0 Å². The van der Waals surface area contributed by atoms with Crippen molar-refractivity contribution in [3.8, 4) is 0 Å². The van der Waals surface area contributed by atoms with Crippen LogP contribution in [0.15, 0.2) is 35.7 Å². The Bertz CT molecular complexity index is 551. The minimum atomic E-state index is -0.407. The maximum atomic E-state index is 10.7. The number of nitrogens with zero attached hydrogens (tertiary/aromatic N) is 1. The summed E-state index contributed by atoms with van der Waals surface area (Å²) in [6.45, 7) is 2.00. The Morgan fingerprint density at radius 3 is 2.76 bits per heavy atom. The van der Waals surface area contributed by atoms with E-state index in [0.29, 0.717) is 0 Å². The van der Waals surface area contributed by atoms with Crippen LogP contribution < -0.4 is 5.73 Å². The standard InChI is InChI=1S/C12H12N2O2S/c1-8-5-11(17-7-8)12(13)9-3-2-4-10(6-9)14(15)16/h2-7,12H,13H2,1H3. The second-order valence-corrected chi connectivity index (χ2v) is 4.80. The van der Waals surface area contributed by atoms with Crippen LogP contribution in [0.3, 0.4) is 0 Å². The lowest BCUT2D eigenvalue weighted by molar-refractivity contribution is -0.384. The topological polar surface area (TPSA) is 69.2 Å². The molecule has 0 radical (unpaired) electrons. The van der Waals surface area contributed by atoms with Crippen LogP contribution >= 0.6 is 11.3 Å². The van der Waals surface area contributed by atoms with Crippen molar-refractivity contribution in [3.63, 3.8) is 0 Å². The minimum Gasteiger partial charge on any atom is -0.320 e. The zero-order valence-corrected chi connectivity index (χ0v) is 10.1. The summed E-state index contributed by atoms with van der Waals surface area (Å²) in [6, 6.07) is 8.18. The van der Waals surface area contributed by atoms with Crippen LogP contribution in [-0.4, -0.2) is 4.92 Å². The molecule has 0 amide bonds. The van der Waals surface area contributed by atoms with Crippen LogP contribution in [0.4, 0.5) is 5.69 Å². The Labute approximate surface area is 103 Å². The molecule has 88 valence electrons. The number of hydrogen-bond donors (Lipinski definition) is 1. The van der Waals surface area contributed by atoms with Crippen LogP contribution in [0.2, 0.25) is 0 Å². The molecule has 4 nitrogen and oxygen atoms in total. The van der Waals surface area contributed by atoms with Gasteiger partial charge < -0.3 is 5.73 Å². The molecular formula is C12H12N2O2S. The quantitative estimate of drug-likeness (QED) is 0.670. The first-order valence-corrected chi connectivity index (χ1v) is 6.01. The zero-order valence-electron chi connectivity index (χ0n) is 9.29.